The fourth-order valence-electron chi connectivity index (χ4n) is 2.07. The number of hydrogen-bond acceptors (Lipinski definition) is 5. The summed E-state index contributed by atoms with van der Waals surface area (Å²) in [6, 6.07) is 9.15. The molecule has 0 atom stereocenters. The molecule has 0 aliphatic heterocycles. The molecule has 6 nitrogen and oxygen atoms in total. The van der Waals surface area contributed by atoms with Crippen LogP contribution in [-0.4, -0.2) is 16.2 Å². The van der Waals surface area contributed by atoms with E-state index in [9.17, 15) is 4.79 Å². The fraction of sp³-hybridized carbons (Fsp3) is 0.188. The molecule has 0 spiro atoms. The molecule has 0 saturated heterocycles. The minimum Gasteiger partial charge on any atom is -0.354 e. The molecule has 0 aliphatic carbocycles. The molecule has 3 aromatic rings. The molecular formula is C16H16N4O2S. The van der Waals surface area contributed by atoms with Crippen LogP contribution in [-0.2, 0) is 6.42 Å². The molecule has 0 radical (unpaired) electrons. The molecule has 0 aliphatic rings. The fourth-order valence-corrected chi connectivity index (χ4v) is 2.82. The zero-order chi connectivity index (χ0) is 16.2. The number of carbonyl (C=O) groups excluding carboxylic acids is 1. The number of nitrogens with one attached hydrogen (secondary N) is 2. The Kier molecular flexibility index (Phi) is 4.38. The van der Waals surface area contributed by atoms with Gasteiger partial charge in [-0.3, -0.25) is 5.32 Å². The van der Waals surface area contributed by atoms with Gasteiger partial charge in [-0.05, 0) is 13.3 Å². The molecule has 2 amide bonds. The van der Waals surface area contributed by atoms with Crippen LogP contribution in [0.5, 0.6) is 0 Å². The quantitative estimate of drug-likeness (QED) is 0.747. The standard InChI is InChI=1S/C16H16N4O2S/c1-3-12-9-17-16(23-12)19-15(21)18-13-10(2)20-22-14(13)11-7-5-4-6-8-11/h4-9H,3H2,1-2H3,(H2,17,18,19,21). The predicted molar refractivity (Wildman–Crippen MR) is 90.8 cm³/mol. The zero-order valence-electron chi connectivity index (χ0n) is 12.8. The van der Waals surface area contributed by atoms with Crippen LogP contribution in [0, 0.1) is 6.92 Å². The lowest BCUT2D eigenvalue weighted by molar-refractivity contribution is 0.262. The van der Waals surface area contributed by atoms with E-state index in [0.717, 1.165) is 16.9 Å². The van der Waals surface area contributed by atoms with E-state index >= 15 is 0 Å². The number of hydrogen-bond donors (Lipinski definition) is 2. The Hall–Kier alpha value is -2.67. The van der Waals surface area contributed by atoms with E-state index in [1.54, 1.807) is 13.1 Å². The SMILES string of the molecule is CCc1cnc(NC(=O)Nc2c(C)noc2-c2ccccc2)s1. The van der Waals surface area contributed by atoms with E-state index in [0.29, 0.717) is 22.3 Å². The highest BCUT2D eigenvalue weighted by Gasteiger charge is 2.17. The Morgan fingerprint density at radius 3 is 2.74 bits per heavy atom. The first-order chi connectivity index (χ1) is 11.2. The van der Waals surface area contributed by atoms with Gasteiger partial charge in [0.1, 0.15) is 11.4 Å². The monoisotopic (exact) mass is 328 g/mol. The molecule has 23 heavy (non-hydrogen) atoms. The van der Waals surface area contributed by atoms with Gasteiger partial charge in [-0.1, -0.05) is 42.4 Å². The minimum absolute atomic E-state index is 0.370. The number of aryl methyl sites for hydroxylation is 2. The molecule has 3 rings (SSSR count). The maximum Gasteiger partial charge on any atom is 0.325 e. The number of benzene rings is 1. The lowest BCUT2D eigenvalue weighted by Gasteiger charge is -2.06. The number of aromatic nitrogens is 2. The van der Waals surface area contributed by atoms with Gasteiger partial charge in [0.15, 0.2) is 10.9 Å². The minimum atomic E-state index is -0.370. The van der Waals surface area contributed by atoms with Crippen LogP contribution in [0.1, 0.15) is 17.5 Å². The lowest BCUT2D eigenvalue weighted by Crippen LogP contribution is -2.19. The van der Waals surface area contributed by atoms with E-state index < -0.39 is 0 Å². The summed E-state index contributed by atoms with van der Waals surface area (Å²) < 4.78 is 5.35. The van der Waals surface area contributed by atoms with Crippen molar-refractivity contribution in [2.75, 3.05) is 10.6 Å². The van der Waals surface area contributed by atoms with Crippen LogP contribution >= 0.6 is 11.3 Å². The van der Waals surface area contributed by atoms with Crippen molar-refractivity contribution >= 4 is 28.2 Å². The van der Waals surface area contributed by atoms with E-state index in [1.807, 2.05) is 37.3 Å². The van der Waals surface area contributed by atoms with Gasteiger partial charge in [0.05, 0.1) is 0 Å². The van der Waals surface area contributed by atoms with Gasteiger partial charge < -0.3 is 9.84 Å². The third kappa shape index (κ3) is 3.40. The molecule has 2 heterocycles. The summed E-state index contributed by atoms with van der Waals surface area (Å²) >= 11 is 1.46. The highest BCUT2D eigenvalue weighted by Crippen LogP contribution is 2.30. The molecule has 0 saturated carbocycles. The summed E-state index contributed by atoms with van der Waals surface area (Å²) in [5.74, 6) is 0.534. The van der Waals surface area contributed by atoms with Gasteiger partial charge in [0.25, 0.3) is 0 Å². The summed E-state index contributed by atoms with van der Waals surface area (Å²) in [4.78, 5) is 17.5. The number of anilines is 2. The Bertz CT molecular complexity index is 811. The van der Waals surface area contributed by atoms with E-state index in [1.165, 1.54) is 11.3 Å². The van der Waals surface area contributed by atoms with Crippen molar-refractivity contribution in [3.8, 4) is 11.3 Å². The average Bonchev–Trinajstić information content (AvgIpc) is 3.16. The number of urea groups is 1. The van der Waals surface area contributed by atoms with Crippen LogP contribution < -0.4 is 10.6 Å². The van der Waals surface area contributed by atoms with Gasteiger partial charge in [-0.15, -0.1) is 11.3 Å². The Morgan fingerprint density at radius 2 is 2.04 bits per heavy atom. The number of nitrogens with zero attached hydrogens (tertiary/aromatic N) is 2. The number of carbonyl (C=O) groups is 1. The van der Waals surface area contributed by atoms with Gasteiger partial charge in [-0.25, -0.2) is 9.78 Å². The largest absolute Gasteiger partial charge is 0.354 e. The van der Waals surface area contributed by atoms with E-state index in [4.69, 9.17) is 4.52 Å². The first kappa shape index (κ1) is 15.2. The smallest absolute Gasteiger partial charge is 0.325 e. The molecule has 0 bridgehead atoms. The molecule has 1 aromatic carbocycles. The van der Waals surface area contributed by atoms with Crippen LogP contribution in [0.25, 0.3) is 11.3 Å². The van der Waals surface area contributed by atoms with Crippen LogP contribution in [0.4, 0.5) is 15.6 Å². The van der Waals surface area contributed by atoms with Crippen molar-refractivity contribution in [2.45, 2.75) is 20.3 Å². The summed E-state index contributed by atoms with van der Waals surface area (Å²) in [5.41, 5.74) is 2.03. The number of amides is 2. The lowest BCUT2D eigenvalue weighted by atomic mass is 10.1. The second-order valence-corrected chi connectivity index (χ2v) is 6.02. The summed E-state index contributed by atoms with van der Waals surface area (Å²) in [5, 5.41) is 10.0. The maximum atomic E-state index is 12.2. The molecular weight excluding hydrogens is 312 g/mol. The first-order valence-electron chi connectivity index (χ1n) is 7.21. The third-order valence-electron chi connectivity index (χ3n) is 3.26. The molecule has 0 unspecified atom stereocenters. The van der Waals surface area contributed by atoms with Gasteiger partial charge in [0, 0.05) is 16.6 Å². The highest BCUT2D eigenvalue weighted by molar-refractivity contribution is 7.15. The normalized spacial score (nSPS) is 10.5. The second-order valence-electron chi connectivity index (χ2n) is 4.90. The maximum absolute atomic E-state index is 12.2. The van der Waals surface area contributed by atoms with E-state index in [-0.39, 0.29) is 6.03 Å². The number of thiazole rings is 1. The van der Waals surface area contributed by atoms with Crippen LogP contribution in [0.2, 0.25) is 0 Å². The van der Waals surface area contributed by atoms with Crippen LogP contribution in [0.3, 0.4) is 0 Å². The topological polar surface area (TPSA) is 80.0 Å². The molecule has 7 heteroatoms. The van der Waals surface area contributed by atoms with Crippen molar-refractivity contribution in [2.24, 2.45) is 0 Å². The van der Waals surface area contributed by atoms with Crippen molar-refractivity contribution < 1.29 is 9.32 Å². The van der Waals surface area contributed by atoms with Crippen LogP contribution in [0.15, 0.2) is 41.1 Å². The molecule has 0 fully saturated rings. The van der Waals surface area contributed by atoms with Crippen molar-refractivity contribution in [3.63, 3.8) is 0 Å². The highest BCUT2D eigenvalue weighted by atomic mass is 32.1. The third-order valence-corrected chi connectivity index (χ3v) is 4.32. The summed E-state index contributed by atoms with van der Waals surface area (Å²) in [7, 11) is 0. The molecule has 118 valence electrons. The molecule has 2 N–H and O–H groups in total. The Balaban J connectivity index is 1.77. The molecule has 2 aromatic heterocycles. The summed E-state index contributed by atoms with van der Waals surface area (Å²) in [6.45, 7) is 3.83. The Labute approximate surface area is 137 Å². The van der Waals surface area contributed by atoms with Gasteiger partial charge in [-0.2, -0.15) is 0 Å². The van der Waals surface area contributed by atoms with Gasteiger partial charge >= 0.3 is 6.03 Å². The average molecular weight is 328 g/mol. The predicted octanol–water partition coefficient (Wildman–Crippen LogP) is 4.31. The van der Waals surface area contributed by atoms with Crippen molar-refractivity contribution in [1.82, 2.24) is 10.1 Å². The van der Waals surface area contributed by atoms with E-state index in [2.05, 4.69) is 20.8 Å². The zero-order valence-corrected chi connectivity index (χ0v) is 13.6. The number of rotatable bonds is 4. The summed E-state index contributed by atoms with van der Waals surface area (Å²) in [6.07, 6.45) is 2.66. The second kappa shape index (κ2) is 6.62. The van der Waals surface area contributed by atoms with Crippen molar-refractivity contribution in [3.05, 3.63) is 47.1 Å². The Morgan fingerprint density at radius 1 is 1.26 bits per heavy atom. The first-order valence-corrected chi connectivity index (χ1v) is 8.03. The van der Waals surface area contributed by atoms with Crippen molar-refractivity contribution in [1.29, 1.82) is 0 Å². The van der Waals surface area contributed by atoms with Gasteiger partial charge in [0.2, 0.25) is 0 Å².